The number of nitrogens with zero attached hydrogens (tertiary/aromatic N) is 1. The second-order valence-corrected chi connectivity index (χ2v) is 6.12. The lowest BCUT2D eigenvalue weighted by atomic mass is 10.3. The van der Waals surface area contributed by atoms with E-state index < -0.39 is 0 Å². The van der Waals surface area contributed by atoms with E-state index in [-0.39, 0.29) is 6.61 Å². The highest BCUT2D eigenvalue weighted by Crippen LogP contribution is 2.28. The first-order chi connectivity index (χ1) is 7.17. The van der Waals surface area contributed by atoms with Gasteiger partial charge in [-0.1, -0.05) is 6.92 Å². The second-order valence-electron chi connectivity index (χ2n) is 3.67. The van der Waals surface area contributed by atoms with Crippen LogP contribution in [-0.4, -0.2) is 29.7 Å². The molecule has 1 rings (SSSR count). The Hall–Kier alpha value is 0.1000. The predicted molar refractivity (Wildman–Crippen MR) is 69.4 cm³/mol. The summed E-state index contributed by atoms with van der Waals surface area (Å²) in [6, 6.07) is 2.22. The van der Waals surface area contributed by atoms with Gasteiger partial charge in [0.1, 0.15) is 0 Å². The molecule has 1 aromatic heterocycles. The zero-order valence-electron chi connectivity index (χ0n) is 9.29. The first kappa shape index (κ1) is 13.2. The van der Waals surface area contributed by atoms with E-state index in [1.807, 2.05) is 0 Å². The zero-order valence-corrected chi connectivity index (χ0v) is 11.7. The maximum absolute atomic E-state index is 8.95. The Kier molecular flexibility index (Phi) is 5.82. The molecule has 0 fully saturated rings. The Labute approximate surface area is 104 Å². The largest absolute Gasteiger partial charge is 0.395 e. The van der Waals surface area contributed by atoms with Gasteiger partial charge < -0.3 is 5.11 Å². The minimum Gasteiger partial charge on any atom is -0.395 e. The van der Waals surface area contributed by atoms with Crippen molar-refractivity contribution in [3.05, 3.63) is 20.3 Å². The molecule has 4 heteroatoms. The van der Waals surface area contributed by atoms with Gasteiger partial charge in [-0.05, 0) is 47.4 Å². The maximum atomic E-state index is 8.95. The molecule has 0 aromatic carbocycles. The van der Waals surface area contributed by atoms with Gasteiger partial charge in [0, 0.05) is 18.0 Å². The molecule has 0 aliphatic rings. The van der Waals surface area contributed by atoms with Gasteiger partial charge in [-0.3, -0.25) is 4.90 Å². The van der Waals surface area contributed by atoms with Crippen molar-refractivity contribution < 1.29 is 5.11 Å². The summed E-state index contributed by atoms with van der Waals surface area (Å²) >= 11 is 5.32. The normalized spacial score (nSPS) is 11.3. The molecular formula is C11H18BrNOS. The molecule has 0 aliphatic heterocycles. The molecule has 0 unspecified atom stereocenters. The van der Waals surface area contributed by atoms with Crippen LogP contribution in [0.2, 0.25) is 0 Å². The van der Waals surface area contributed by atoms with E-state index in [1.54, 1.807) is 11.3 Å². The van der Waals surface area contributed by atoms with Crippen molar-refractivity contribution in [2.24, 2.45) is 0 Å². The molecule has 0 saturated heterocycles. The molecule has 0 saturated carbocycles. The Balaban J connectivity index is 2.56. The smallest absolute Gasteiger partial charge is 0.0730 e. The predicted octanol–water partition coefficient (Wildman–Crippen LogP) is 3.02. The van der Waals surface area contributed by atoms with E-state index in [2.05, 4.69) is 40.7 Å². The van der Waals surface area contributed by atoms with Crippen LogP contribution in [0.15, 0.2) is 9.85 Å². The van der Waals surface area contributed by atoms with Crippen molar-refractivity contribution >= 4 is 27.3 Å². The lowest BCUT2D eigenvalue weighted by Crippen LogP contribution is -2.26. The number of halogens is 1. The van der Waals surface area contributed by atoms with Crippen LogP contribution in [0.5, 0.6) is 0 Å². The summed E-state index contributed by atoms with van der Waals surface area (Å²) < 4.78 is 1.22. The second kappa shape index (κ2) is 6.63. The van der Waals surface area contributed by atoms with Crippen LogP contribution in [0.25, 0.3) is 0 Å². The minimum atomic E-state index is 0.242. The van der Waals surface area contributed by atoms with E-state index >= 15 is 0 Å². The zero-order chi connectivity index (χ0) is 11.3. The van der Waals surface area contributed by atoms with Gasteiger partial charge in [0.25, 0.3) is 0 Å². The highest BCUT2D eigenvalue weighted by Gasteiger charge is 2.08. The standard InChI is InChI=1S/C11H18BrNOS/c1-3-4-13(5-6-14)8-10-7-9(2)11(12)15-10/h7,14H,3-6,8H2,1-2H3. The van der Waals surface area contributed by atoms with E-state index in [4.69, 9.17) is 5.11 Å². The molecule has 1 aromatic rings. The molecule has 86 valence electrons. The van der Waals surface area contributed by atoms with Gasteiger partial charge in [-0.25, -0.2) is 0 Å². The molecule has 1 heterocycles. The average Bonchev–Trinajstić information content (AvgIpc) is 2.47. The molecule has 0 amide bonds. The molecule has 2 nitrogen and oxygen atoms in total. The lowest BCUT2D eigenvalue weighted by Gasteiger charge is -2.19. The highest BCUT2D eigenvalue weighted by molar-refractivity contribution is 9.11. The van der Waals surface area contributed by atoms with E-state index in [9.17, 15) is 0 Å². The topological polar surface area (TPSA) is 23.5 Å². The summed E-state index contributed by atoms with van der Waals surface area (Å²) in [5.74, 6) is 0. The maximum Gasteiger partial charge on any atom is 0.0730 e. The first-order valence-corrected chi connectivity index (χ1v) is 6.86. The van der Waals surface area contributed by atoms with E-state index in [1.165, 1.54) is 14.2 Å². The summed E-state index contributed by atoms with van der Waals surface area (Å²) in [4.78, 5) is 3.65. The van der Waals surface area contributed by atoms with Crippen molar-refractivity contribution in [1.82, 2.24) is 4.90 Å². The van der Waals surface area contributed by atoms with Crippen molar-refractivity contribution in [2.75, 3.05) is 19.7 Å². The van der Waals surface area contributed by atoms with Gasteiger partial charge in [0.05, 0.1) is 10.4 Å². The van der Waals surface area contributed by atoms with Gasteiger partial charge in [-0.2, -0.15) is 0 Å². The minimum absolute atomic E-state index is 0.242. The highest BCUT2D eigenvalue weighted by atomic mass is 79.9. The fourth-order valence-electron chi connectivity index (χ4n) is 1.55. The number of rotatable bonds is 6. The van der Waals surface area contributed by atoms with Gasteiger partial charge in [0.2, 0.25) is 0 Å². The number of aliphatic hydroxyl groups excluding tert-OH is 1. The third-order valence-electron chi connectivity index (χ3n) is 2.24. The van der Waals surface area contributed by atoms with Crippen molar-refractivity contribution in [3.63, 3.8) is 0 Å². The summed E-state index contributed by atoms with van der Waals surface area (Å²) in [5, 5.41) is 8.95. The van der Waals surface area contributed by atoms with Crippen molar-refractivity contribution in [2.45, 2.75) is 26.8 Å². The molecular weight excluding hydrogens is 274 g/mol. The molecule has 1 N–H and O–H groups in total. The van der Waals surface area contributed by atoms with E-state index in [0.717, 1.165) is 26.1 Å². The van der Waals surface area contributed by atoms with Gasteiger partial charge in [-0.15, -0.1) is 11.3 Å². The average molecular weight is 292 g/mol. The van der Waals surface area contributed by atoms with Crippen LogP contribution < -0.4 is 0 Å². The lowest BCUT2D eigenvalue weighted by molar-refractivity contribution is 0.191. The fourth-order valence-corrected chi connectivity index (χ4v) is 3.22. The quantitative estimate of drug-likeness (QED) is 0.871. The third kappa shape index (κ3) is 4.23. The molecule has 15 heavy (non-hydrogen) atoms. The summed E-state index contributed by atoms with van der Waals surface area (Å²) in [6.45, 7) is 7.29. The summed E-state index contributed by atoms with van der Waals surface area (Å²) in [6.07, 6.45) is 1.13. The monoisotopic (exact) mass is 291 g/mol. The number of aliphatic hydroxyl groups is 1. The molecule has 0 bridgehead atoms. The summed E-state index contributed by atoms with van der Waals surface area (Å²) in [5.41, 5.74) is 1.30. The number of hydrogen-bond donors (Lipinski definition) is 1. The molecule has 0 atom stereocenters. The molecule has 0 spiro atoms. The Morgan fingerprint density at radius 1 is 1.47 bits per heavy atom. The number of thiophene rings is 1. The number of hydrogen-bond acceptors (Lipinski definition) is 3. The van der Waals surface area contributed by atoms with Crippen LogP contribution in [-0.2, 0) is 6.54 Å². The SMILES string of the molecule is CCCN(CCO)Cc1cc(C)c(Br)s1. The number of aryl methyl sites for hydroxylation is 1. The Morgan fingerprint density at radius 2 is 2.20 bits per heavy atom. The van der Waals surface area contributed by atoms with Crippen molar-refractivity contribution in [1.29, 1.82) is 0 Å². The van der Waals surface area contributed by atoms with Crippen LogP contribution in [0.4, 0.5) is 0 Å². The van der Waals surface area contributed by atoms with Crippen LogP contribution in [0.3, 0.4) is 0 Å². The first-order valence-electron chi connectivity index (χ1n) is 5.25. The molecule has 0 aliphatic carbocycles. The van der Waals surface area contributed by atoms with Crippen LogP contribution >= 0.6 is 27.3 Å². The molecule has 0 radical (unpaired) electrons. The van der Waals surface area contributed by atoms with Gasteiger partial charge in [0.15, 0.2) is 0 Å². The summed E-state index contributed by atoms with van der Waals surface area (Å²) in [7, 11) is 0. The van der Waals surface area contributed by atoms with E-state index in [0.29, 0.717) is 0 Å². The Morgan fingerprint density at radius 3 is 2.67 bits per heavy atom. The van der Waals surface area contributed by atoms with Crippen molar-refractivity contribution in [3.8, 4) is 0 Å². The van der Waals surface area contributed by atoms with Crippen LogP contribution in [0.1, 0.15) is 23.8 Å². The third-order valence-corrected chi connectivity index (χ3v) is 4.37. The van der Waals surface area contributed by atoms with Gasteiger partial charge >= 0.3 is 0 Å². The Bertz CT molecular complexity index is 275. The fraction of sp³-hybridized carbons (Fsp3) is 0.636. The van der Waals surface area contributed by atoms with Crippen LogP contribution in [0, 0.1) is 6.92 Å².